The summed E-state index contributed by atoms with van der Waals surface area (Å²) in [6.45, 7) is 0.193. The summed E-state index contributed by atoms with van der Waals surface area (Å²) in [5.74, 6) is -0.588. The minimum absolute atomic E-state index is 0.0114. The van der Waals surface area contributed by atoms with Gasteiger partial charge in [-0.25, -0.2) is 13.2 Å². The van der Waals surface area contributed by atoms with E-state index in [0.29, 0.717) is 17.7 Å². The van der Waals surface area contributed by atoms with Gasteiger partial charge in [0.2, 0.25) is 5.91 Å². The van der Waals surface area contributed by atoms with Crippen LogP contribution in [0.15, 0.2) is 24.3 Å². The number of ether oxygens (including phenoxy) is 2. The van der Waals surface area contributed by atoms with Crippen molar-refractivity contribution in [3.8, 4) is 5.75 Å². The predicted octanol–water partition coefficient (Wildman–Crippen LogP) is -0.122. The van der Waals surface area contributed by atoms with Crippen molar-refractivity contribution in [1.29, 1.82) is 0 Å². The molecule has 10 nitrogen and oxygen atoms in total. The Labute approximate surface area is 180 Å². The van der Waals surface area contributed by atoms with E-state index in [1.165, 1.54) is 12.0 Å². The summed E-state index contributed by atoms with van der Waals surface area (Å²) in [7, 11) is -1.73. The topological polar surface area (TPSA) is 122 Å². The van der Waals surface area contributed by atoms with Crippen LogP contribution in [-0.2, 0) is 29.7 Å². The van der Waals surface area contributed by atoms with Crippen LogP contribution >= 0.6 is 0 Å². The lowest BCUT2D eigenvalue weighted by Gasteiger charge is -2.33. The minimum atomic E-state index is -3.21. The number of methoxy groups -OCH3 is 1. The monoisotopic (exact) mass is 451 g/mol. The van der Waals surface area contributed by atoms with E-state index < -0.39 is 45.8 Å². The Kier molecular flexibility index (Phi) is 5.65. The molecule has 2 fully saturated rings. The van der Waals surface area contributed by atoms with Crippen LogP contribution in [0.2, 0.25) is 0 Å². The number of carbonyl (C=O) groups is 3. The molecular formula is C20H25N3O7S. The number of imide groups is 1. The highest BCUT2D eigenvalue weighted by atomic mass is 32.2. The zero-order valence-electron chi connectivity index (χ0n) is 17.2. The molecule has 4 rings (SSSR count). The minimum Gasteiger partial charge on any atom is -0.493 e. The second kappa shape index (κ2) is 8.12. The van der Waals surface area contributed by atoms with Crippen LogP contribution in [0.3, 0.4) is 0 Å². The molecule has 4 amide bonds. The normalized spacial score (nSPS) is 26.5. The molecule has 0 bridgehead atoms. The van der Waals surface area contributed by atoms with Gasteiger partial charge in [-0.05, 0) is 12.5 Å². The molecule has 0 aliphatic carbocycles. The fourth-order valence-electron chi connectivity index (χ4n) is 4.46. The Morgan fingerprint density at radius 2 is 2.13 bits per heavy atom. The molecule has 0 radical (unpaired) electrons. The first-order valence-corrected chi connectivity index (χ1v) is 11.9. The predicted molar refractivity (Wildman–Crippen MR) is 109 cm³/mol. The van der Waals surface area contributed by atoms with Gasteiger partial charge >= 0.3 is 6.03 Å². The van der Waals surface area contributed by atoms with Crippen molar-refractivity contribution in [2.45, 2.75) is 24.4 Å². The van der Waals surface area contributed by atoms with Gasteiger partial charge in [-0.1, -0.05) is 18.2 Å². The maximum atomic E-state index is 13.3. The lowest BCUT2D eigenvalue weighted by molar-refractivity contribution is -0.141. The molecular weight excluding hydrogens is 426 g/mol. The Balaban J connectivity index is 1.55. The second-order valence-corrected chi connectivity index (χ2v) is 10.2. The molecule has 168 valence electrons. The fourth-order valence-corrected chi connectivity index (χ4v) is 6.19. The number of sulfone groups is 1. The number of nitrogens with zero attached hydrogens (tertiary/aromatic N) is 2. The van der Waals surface area contributed by atoms with Crippen LogP contribution < -0.4 is 10.1 Å². The van der Waals surface area contributed by atoms with Gasteiger partial charge in [-0.3, -0.25) is 14.5 Å². The molecule has 0 unspecified atom stereocenters. The number of fused-ring (bicyclic) bond motifs is 2. The summed E-state index contributed by atoms with van der Waals surface area (Å²) >= 11 is 0. The summed E-state index contributed by atoms with van der Waals surface area (Å²) in [5, 5.41) is 2.76. The quantitative estimate of drug-likeness (QED) is 0.598. The van der Waals surface area contributed by atoms with E-state index in [9.17, 15) is 22.8 Å². The van der Waals surface area contributed by atoms with Gasteiger partial charge in [0.05, 0.1) is 24.7 Å². The third-order valence-electron chi connectivity index (χ3n) is 6.06. The molecule has 3 aliphatic heterocycles. The van der Waals surface area contributed by atoms with Crippen molar-refractivity contribution in [1.82, 2.24) is 15.1 Å². The third-order valence-corrected chi connectivity index (χ3v) is 7.81. The molecule has 1 aromatic rings. The highest BCUT2D eigenvalue weighted by Crippen LogP contribution is 2.40. The number of urea groups is 1. The molecule has 0 saturated carbocycles. The van der Waals surface area contributed by atoms with Gasteiger partial charge < -0.3 is 19.7 Å². The summed E-state index contributed by atoms with van der Waals surface area (Å²) in [5.41, 5.74) is -0.701. The summed E-state index contributed by atoms with van der Waals surface area (Å²) in [6, 6.07) is 5.86. The molecule has 1 N–H and O–H groups in total. The molecule has 2 saturated heterocycles. The number of nitrogens with one attached hydrogen (secondary N) is 1. The Morgan fingerprint density at radius 3 is 2.84 bits per heavy atom. The zero-order chi connectivity index (χ0) is 22.2. The fraction of sp³-hybridized carbons (Fsp3) is 0.550. The summed E-state index contributed by atoms with van der Waals surface area (Å²) in [4.78, 5) is 41.5. The van der Waals surface area contributed by atoms with Crippen molar-refractivity contribution in [2.24, 2.45) is 0 Å². The van der Waals surface area contributed by atoms with E-state index in [-0.39, 0.29) is 37.7 Å². The number of benzene rings is 1. The van der Waals surface area contributed by atoms with E-state index in [1.807, 2.05) is 0 Å². The van der Waals surface area contributed by atoms with Crippen LogP contribution in [0.4, 0.5) is 4.79 Å². The maximum absolute atomic E-state index is 13.3. The average molecular weight is 452 g/mol. The van der Waals surface area contributed by atoms with E-state index in [1.54, 1.807) is 24.3 Å². The van der Waals surface area contributed by atoms with Crippen molar-refractivity contribution in [2.75, 3.05) is 44.9 Å². The molecule has 3 aliphatic rings. The Bertz CT molecular complexity index is 1010. The first-order valence-electron chi connectivity index (χ1n) is 10.1. The molecule has 31 heavy (non-hydrogen) atoms. The number of para-hydroxylation sites is 1. The Hall–Kier alpha value is -2.66. The molecule has 2 atom stereocenters. The van der Waals surface area contributed by atoms with Crippen molar-refractivity contribution >= 4 is 27.7 Å². The lowest BCUT2D eigenvalue weighted by atomic mass is 9.84. The van der Waals surface area contributed by atoms with E-state index in [0.717, 1.165) is 4.90 Å². The van der Waals surface area contributed by atoms with Crippen LogP contribution in [-0.4, -0.2) is 87.0 Å². The largest absolute Gasteiger partial charge is 0.493 e. The average Bonchev–Trinajstić information content (AvgIpc) is 3.21. The third kappa shape index (κ3) is 3.87. The number of hydrogen-bond acceptors (Lipinski definition) is 7. The molecule has 3 heterocycles. The van der Waals surface area contributed by atoms with Crippen LogP contribution in [0.25, 0.3) is 0 Å². The first kappa shape index (κ1) is 21.6. The number of amides is 4. The zero-order valence-corrected chi connectivity index (χ0v) is 18.0. The molecule has 1 aromatic carbocycles. The van der Waals surface area contributed by atoms with Gasteiger partial charge in [0, 0.05) is 31.7 Å². The van der Waals surface area contributed by atoms with Crippen LogP contribution in [0.1, 0.15) is 18.4 Å². The number of rotatable bonds is 6. The van der Waals surface area contributed by atoms with Crippen LogP contribution in [0, 0.1) is 0 Å². The van der Waals surface area contributed by atoms with Gasteiger partial charge in [0.25, 0.3) is 5.91 Å². The Morgan fingerprint density at radius 1 is 1.35 bits per heavy atom. The maximum Gasteiger partial charge on any atom is 0.325 e. The van der Waals surface area contributed by atoms with Gasteiger partial charge in [-0.2, -0.15) is 0 Å². The van der Waals surface area contributed by atoms with Crippen molar-refractivity contribution in [3.63, 3.8) is 0 Å². The van der Waals surface area contributed by atoms with E-state index >= 15 is 0 Å². The summed E-state index contributed by atoms with van der Waals surface area (Å²) in [6.07, 6.45) is 0.583. The molecule has 1 spiro atoms. The smallest absolute Gasteiger partial charge is 0.325 e. The van der Waals surface area contributed by atoms with Gasteiger partial charge in [0.15, 0.2) is 15.4 Å². The molecule has 0 aromatic heterocycles. The van der Waals surface area contributed by atoms with E-state index in [2.05, 4.69) is 5.32 Å². The van der Waals surface area contributed by atoms with Crippen LogP contribution in [0.5, 0.6) is 5.75 Å². The second-order valence-electron chi connectivity index (χ2n) is 7.96. The van der Waals surface area contributed by atoms with Crippen molar-refractivity contribution in [3.05, 3.63) is 29.8 Å². The van der Waals surface area contributed by atoms with Gasteiger partial charge in [0.1, 0.15) is 12.3 Å². The molecule has 11 heteroatoms. The first-order chi connectivity index (χ1) is 14.8. The van der Waals surface area contributed by atoms with E-state index in [4.69, 9.17) is 9.47 Å². The lowest BCUT2D eigenvalue weighted by Crippen LogP contribution is -2.50. The number of carbonyl (C=O) groups excluding carboxylic acids is 3. The standard InChI is InChI=1S/C20H25N3O7S/c1-29-10-8-22(14-6-11-31(27,28)13-14)17(24)12-23-18(25)20(21-19(23)26)7-9-30-16-5-3-2-4-15(16)20/h2-5,14H,6-13H2,1H3,(H,21,26)/t14-,20+/m0/s1. The highest BCUT2D eigenvalue weighted by molar-refractivity contribution is 7.91. The SMILES string of the molecule is COCCN(C(=O)CN1C(=O)N[C@@]2(CCOc3ccccc32)C1=O)[C@H]1CCS(=O)(=O)C1. The van der Waals surface area contributed by atoms with Gasteiger partial charge in [-0.15, -0.1) is 0 Å². The van der Waals surface area contributed by atoms with Crippen molar-refractivity contribution < 1.29 is 32.3 Å². The highest BCUT2D eigenvalue weighted by Gasteiger charge is 2.55. The summed E-state index contributed by atoms with van der Waals surface area (Å²) < 4.78 is 34.5. The number of hydrogen-bond donors (Lipinski definition) is 1.